The molecule has 6 heteroatoms. The van der Waals surface area contributed by atoms with Crippen molar-refractivity contribution in [1.82, 2.24) is 15.3 Å². The molecule has 18 heavy (non-hydrogen) atoms. The first-order valence-electron chi connectivity index (χ1n) is 5.32. The lowest BCUT2D eigenvalue weighted by Crippen LogP contribution is -2.26. The summed E-state index contributed by atoms with van der Waals surface area (Å²) in [7, 11) is 1.53. The summed E-state index contributed by atoms with van der Waals surface area (Å²) in [5.41, 5.74) is 1.19. The van der Waals surface area contributed by atoms with Gasteiger partial charge in [0.25, 0.3) is 0 Å². The van der Waals surface area contributed by atoms with Crippen molar-refractivity contribution >= 4 is 5.97 Å². The van der Waals surface area contributed by atoms with E-state index in [9.17, 15) is 9.18 Å². The van der Waals surface area contributed by atoms with E-state index in [0.29, 0.717) is 11.3 Å². The zero-order valence-corrected chi connectivity index (χ0v) is 9.64. The lowest BCUT2D eigenvalue weighted by Gasteiger charge is -2.07. The molecular formula is C12H12FN3O2. The molecule has 1 unspecified atom stereocenters. The predicted octanol–water partition coefficient (Wildman–Crippen LogP) is 1.56. The average Bonchev–Trinajstić information content (AvgIpc) is 2.79. The van der Waals surface area contributed by atoms with Crippen molar-refractivity contribution in [3.63, 3.8) is 0 Å². The van der Waals surface area contributed by atoms with Gasteiger partial charge in [-0.1, -0.05) is 12.1 Å². The summed E-state index contributed by atoms with van der Waals surface area (Å²) < 4.78 is 13.1. The van der Waals surface area contributed by atoms with Gasteiger partial charge < -0.3 is 15.4 Å². The van der Waals surface area contributed by atoms with Crippen LogP contribution in [0.5, 0.6) is 0 Å². The number of halogens is 1. The van der Waals surface area contributed by atoms with Gasteiger partial charge in [0.2, 0.25) is 0 Å². The Labute approximate surface area is 103 Å². The summed E-state index contributed by atoms with van der Waals surface area (Å²) in [6, 6.07) is 5.08. The number of carbonyl (C=O) groups is 1. The zero-order chi connectivity index (χ0) is 13.1. The zero-order valence-electron chi connectivity index (χ0n) is 9.64. The van der Waals surface area contributed by atoms with Gasteiger partial charge in [0.15, 0.2) is 6.04 Å². The molecule has 3 N–H and O–H groups in total. The van der Waals surface area contributed by atoms with Gasteiger partial charge in [-0.15, -0.1) is 0 Å². The maximum atomic E-state index is 13.1. The van der Waals surface area contributed by atoms with Crippen LogP contribution in [0.25, 0.3) is 11.3 Å². The number of aliphatic carboxylic acids is 1. The molecule has 2 aromatic rings. The van der Waals surface area contributed by atoms with E-state index >= 15 is 0 Å². The van der Waals surface area contributed by atoms with Crippen LogP contribution in [-0.4, -0.2) is 28.1 Å². The second kappa shape index (κ2) is 4.97. The van der Waals surface area contributed by atoms with E-state index in [2.05, 4.69) is 15.3 Å². The van der Waals surface area contributed by atoms with Crippen LogP contribution in [0.2, 0.25) is 0 Å². The van der Waals surface area contributed by atoms with Crippen molar-refractivity contribution in [2.45, 2.75) is 6.04 Å². The Kier molecular flexibility index (Phi) is 3.38. The minimum absolute atomic E-state index is 0.282. The molecule has 0 bridgehead atoms. The van der Waals surface area contributed by atoms with Crippen molar-refractivity contribution in [3.05, 3.63) is 42.1 Å². The minimum Gasteiger partial charge on any atom is -0.480 e. The number of hydrogen-bond donors (Lipinski definition) is 3. The number of nitrogens with zero attached hydrogens (tertiary/aromatic N) is 1. The number of aromatic nitrogens is 2. The number of H-pyrrole nitrogens is 1. The standard InChI is InChI=1S/C12H12FN3O2/c1-14-10(12(17)18)11-15-6-9(16-11)7-3-2-4-8(13)5-7/h2-6,10,14H,1H3,(H,15,16)(H,17,18). The molecule has 0 saturated carbocycles. The molecule has 0 saturated heterocycles. The fraction of sp³-hybridized carbons (Fsp3) is 0.167. The highest BCUT2D eigenvalue weighted by atomic mass is 19.1. The first kappa shape index (κ1) is 12.3. The number of nitrogens with one attached hydrogen (secondary N) is 2. The SMILES string of the molecule is CNC(C(=O)O)c1ncc(-c2cccc(F)c2)[nH]1. The smallest absolute Gasteiger partial charge is 0.328 e. The molecule has 1 heterocycles. The number of likely N-dealkylation sites (N-methyl/N-ethyl adjacent to an activating group) is 1. The maximum Gasteiger partial charge on any atom is 0.328 e. The molecule has 0 amide bonds. The normalized spacial score (nSPS) is 12.3. The molecule has 1 aromatic heterocycles. The van der Waals surface area contributed by atoms with E-state index < -0.39 is 12.0 Å². The van der Waals surface area contributed by atoms with Crippen LogP contribution in [0.3, 0.4) is 0 Å². The Bertz CT molecular complexity index is 568. The number of carboxylic acids is 1. The first-order chi connectivity index (χ1) is 8.61. The van der Waals surface area contributed by atoms with Gasteiger partial charge in [-0.2, -0.15) is 0 Å². The quantitative estimate of drug-likeness (QED) is 0.768. The van der Waals surface area contributed by atoms with Crippen LogP contribution in [0.1, 0.15) is 11.9 Å². The third-order valence-corrected chi connectivity index (χ3v) is 2.54. The van der Waals surface area contributed by atoms with Gasteiger partial charge in [-0.25, -0.2) is 9.37 Å². The minimum atomic E-state index is -1.03. The summed E-state index contributed by atoms with van der Waals surface area (Å²) in [6.45, 7) is 0. The van der Waals surface area contributed by atoms with Crippen molar-refractivity contribution in [3.8, 4) is 11.3 Å². The third kappa shape index (κ3) is 2.38. The van der Waals surface area contributed by atoms with Crippen LogP contribution >= 0.6 is 0 Å². The number of hydrogen-bond acceptors (Lipinski definition) is 3. The highest BCUT2D eigenvalue weighted by molar-refractivity contribution is 5.74. The summed E-state index contributed by atoms with van der Waals surface area (Å²) >= 11 is 0. The molecule has 2 rings (SSSR count). The van der Waals surface area contributed by atoms with Crippen LogP contribution < -0.4 is 5.32 Å². The summed E-state index contributed by atoms with van der Waals surface area (Å²) in [5.74, 6) is -1.10. The van der Waals surface area contributed by atoms with E-state index in [1.54, 1.807) is 12.1 Å². The number of aromatic amines is 1. The monoisotopic (exact) mass is 249 g/mol. The van der Waals surface area contributed by atoms with E-state index in [1.165, 1.54) is 25.4 Å². The van der Waals surface area contributed by atoms with E-state index in [1.807, 2.05) is 0 Å². The van der Waals surface area contributed by atoms with Gasteiger partial charge >= 0.3 is 5.97 Å². The Hall–Kier alpha value is -2.21. The second-order valence-corrected chi connectivity index (χ2v) is 3.75. The van der Waals surface area contributed by atoms with E-state index in [-0.39, 0.29) is 11.6 Å². The molecule has 0 spiro atoms. The van der Waals surface area contributed by atoms with Crippen LogP contribution in [0.4, 0.5) is 4.39 Å². The highest BCUT2D eigenvalue weighted by Crippen LogP contribution is 2.20. The molecule has 0 fully saturated rings. The number of imidazole rings is 1. The average molecular weight is 249 g/mol. The molecule has 0 radical (unpaired) electrons. The van der Waals surface area contributed by atoms with Gasteiger partial charge in [0, 0.05) is 5.56 Å². The first-order valence-corrected chi connectivity index (χ1v) is 5.32. The van der Waals surface area contributed by atoms with Gasteiger partial charge in [0.05, 0.1) is 11.9 Å². The maximum absolute atomic E-state index is 13.1. The Morgan fingerprint density at radius 2 is 2.33 bits per heavy atom. The third-order valence-electron chi connectivity index (χ3n) is 2.54. The lowest BCUT2D eigenvalue weighted by atomic mass is 10.2. The molecule has 1 atom stereocenters. The Balaban J connectivity index is 2.33. The van der Waals surface area contributed by atoms with Gasteiger partial charge in [0.1, 0.15) is 11.6 Å². The molecule has 94 valence electrons. The van der Waals surface area contributed by atoms with Gasteiger partial charge in [-0.3, -0.25) is 4.79 Å². The van der Waals surface area contributed by atoms with Crippen LogP contribution in [0, 0.1) is 5.82 Å². The van der Waals surface area contributed by atoms with Crippen molar-refractivity contribution in [1.29, 1.82) is 0 Å². The highest BCUT2D eigenvalue weighted by Gasteiger charge is 2.20. The molecule has 0 aliphatic heterocycles. The van der Waals surface area contributed by atoms with Crippen molar-refractivity contribution < 1.29 is 14.3 Å². The number of carboxylic acid groups (broad SMARTS) is 1. The van der Waals surface area contributed by atoms with E-state index in [0.717, 1.165) is 0 Å². The molecular weight excluding hydrogens is 237 g/mol. The summed E-state index contributed by atoms with van der Waals surface area (Å²) in [4.78, 5) is 17.8. The Morgan fingerprint density at radius 1 is 1.56 bits per heavy atom. The van der Waals surface area contributed by atoms with Crippen LogP contribution in [0.15, 0.2) is 30.5 Å². The van der Waals surface area contributed by atoms with E-state index in [4.69, 9.17) is 5.11 Å². The summed E-state index contributed by atoms with van der Waals surface area (Å²) in [6.07, 6.45) is 1.48. The largest absolute Gasteiger partial charge is 0.480 e. The second-order valence-electron chi connectivity index (χ2n) is 3.75. The molecule has 0 aliphatic carbocycles. The molecule has 0 aliphatic rings. The Morgan fingerprint density at radius 3 is 2.94 bits per heavy atom. The predicted molar refractivity (Wildman–Crippen MR) is 63.4 cm³/mol. The number of benzene rings is 1. The number of rotatable bonds is 4. The topological polar surface area (TPSA) is 78.0 Å². The van der Waals surface area contributed by atoms with Gasteiger partial charge in [-0.05, 0) is 19.2 Å². The molecule has 1 aromatic carbocycles. The molecule has 5 nitrogen and oxygen atoms in total. The fourth-order valence-electron chi connectivity index (χ4n) is 1.66. The van der Waals surface area contributed by atoms with Crippen molar-refractivity contribution in [2.75, 3.05) is 7.05 Å². The van der Waals surface area contributed by atoms with Crippen molar-refractivity contribution in [2.24, 2.45) is 0 Å². The summed E-state index contributed by atoms with van der Waals surface area (Å²) in [5, 5.41) is 11.6. The van der Waals surface area contributed by atoms with Crippen LogP contribution in [-0.2, 0) is 4.79 Å². The lowest BCUT2D eigenvalue weighted by molar-refractivity contribution is -0.139. The fourth-order valence-corrected chi connectivity index (χ4v) is 1.66.